The second kappa shape index (κ2) is 9.51. The van der Waals surface area contributed by atoms with E-state index in [2.05, 4.69) is 9.71 Å². The number of rotatable bonds is 8. The van der Waals surface area contributed by atoms with Crippen molar-refractivity contribution in [3.8, 4) is 5.75 Å². The van der Waals surface area contributed by atoms with Crippen LogP contribution in [0.3, 0.4) is 0 Å². The number of ether oxygens (including phenoxy) is 1. The fourth-order valence-electron chi connectivity index (χ4n) is 3.40. The first-order valence-electron chi connectivity index (χ1n) is 10.3. The highest BCUT2D eigenvalue weighted by Crippen LogP contribution is 2.24. The van der Waals surface area contributed by atoms with Crippen LogP contribution < -0.4 is 9.46 Å². The van der Waals surface area contributed by atoms with Gasteiger partial charge in [0.15, 0.2) is 0 Å². The smallest absolute Gasteiger partial charge is 0.263 e. The van der Waals surface area contributed by atoms with Gasteiger partial charge in [-0.1, -0.05) is 44.2 Å². The number of benzene rings is 2. The van der Waals surface area contributed by atoms with Crippen LogP contribution in [0.5, 0.6) is 5.75 Å². The van der Waals surface area contributed by atoms with Gasteiger partial charge in [0.2, 0.25) is 5.91 Å². The number of nitrogens with one attached hydrogen (secondary N) is 1. The van der Waals surface area contributed by atoms with Crippen LogP contribution in [-0.4, -0.2) is 51.3 Å². The Kier molecular flexibility index (Phi) is 7.00. The zero-order valence-corrected chi connectivity index (χ0v) is 19.1. The molecule has 0 spiro atoms. The largest absolute Gasteiger partial charge is 0.493 e. The summed E-state index contributed by atoms with van der Waals surface area (Å²) in [5.41, 5.74) is 1.57. The lowest BCUT2D eigenvalue weighted by Gasteiger charge is -2.24. The molecule has 7 nitrogen and oxygen atoms in total. The average Bonchev–Trinajstić information content (AvgIpc) is 3.00. The van der Waals surface area contributed by atoms with E-state index in [1.54, 1.807) is 30.1 Å². The molecule has 31 heavy (non-hydrogen) atoms. The molecule has 3 rings (SSSR count). The normalized spacial score (nSPS) is 16.6. The Morgan fingerprint density at radius 3 is 2.52 bits per heavy atom. The first-order chi connectivity index (χ1) is 14.7. The van der Waals surface area contributed by atoms with Gasteiger partial charge in [-0.2, -0.15) is 0 Å². The van der Waals surface area contributed by atoms with Crippen LogP contribution in [0.1, 0.15) is 31.4 Å². The minimum absolute atomic E-state index is 0.0945. The molecule has 0 unspecified atom stereocenters. The maximum atomic E-state index is 13.1. The number of carbonyl (C=O) groups is 1. The number of amidine groups is 1. The van der Waals surface area contributed by atoms with Crippen molar-refractivity contribution in [1.82, 2.24) is 9.62 Å². The lowest BCUT2D eigenvalue weighted by molar-refractivity contribution is -0.132. The molecule has 0 saturated carbocycles. The van der Waals surface area contributed by atoms with E-state index in [-0.39, 0.29) is 22.6 Å². The molecule has 2 aromatic carbocycles. The maximum absolute atomic E-state index is 13.1. The molecule has 0 fully saturated rings. The van der Waals surface area contributed by atoms with E-state index in [0.29, 0.717) is 25.1 Å². The van der Waals surface area contributed by atoms with Crippen molar-refractivity contribution in [2.24, 2.45) is 10.9 Å². The summed E-state index contributed by atoms with van der Waals surface area (Å²) < 4.78 is 32.9. The van der Waals surface area contributed by atoms with Gasteiger partial charge in [0, 0.05) is 19.2 Å². The number of likely N-dealkylation sites (N-methyl/N-ethyl adjacent to an activating group) is 1. The van der Waals surface area contributed by atoms with Crippen molar-refractivity contribution in [3.63, 3.8) is 0 Å². The van der Waals surface area contributed by atoms with Crippen molar-refractivity contribution < 1.29 is 17.9 Å². The molecule has 1 N–H and O–H groups in total. The Balaban J connectivity index is 1.65. The highest BCUT2D eigenvalue weighted by atomic mass is 32.2. The number of amides is 1. The predicted molar refractivity (Wildman–Crippen MR) is 121 cm³/mol. The van der Waals surface area contributed by atoms with Crippen LogP contribution in [0, 0.1) is 12.8 Å². The van der Waals surface area contributed by atoms with Crippen LogP contribution in [-0.2, 0) is 14.8 Å². The zero-order valence-electron chi connectivity index (χ0n) is 18.3. The highest BCUT2D eigenvalue weighted by molar-refractivity contribution is 7.90. The molecule has 0 aromatic heterocycles. The Hall–Kier alpha value is -2.87. The SMILES string of the molecule is Cc1ccccc1OCCCN(C)C(=O)[C@@H](N=C1NS(=O)(=O)c2ccccc21)C(C)C. The Labute approximate surface area is 184 Å². The zero-order chi connectivity index (χ0) is 22.6. The van der Waals surface area contributed by atoms with E-state index in [0.717, 1.165) is 11.3 Å². The van der Waals surface area contributed by atoms with Crippen LogP contribution in [0.25, 0.3) is 0 Å². The van der Waals surface area contributed by atoms with Crippen LogP contribution in [0.15, 0.2) is 58.4 Å². The minimum Gasteiger partial charge on any atom is -0.493 e. The second-order valence-corrected chi connectivity index (χ2v) is 9.65. The monoisotopic (exact) mass is 443 g/mol. The van der Waals surface area contributed by atoms with Crippen molar-refractivity contribution >= 4 is 21.8 Å². The lowest BCUT2D eigenvalue weighted by atomic mass is 10.0. The van der Waals surface area contributed by atoms with E-state index >= 15 is 0 Å². The summed E-state index contributed by atoms with van der Waals surface area (Å²) in [6.45, 7) is 6.80. The number of nitrogens with zero attached hydrogens (tertiary/aromatic N) is 2. The minimum atomic E-state index is -3.64. The Morgan fingerprint density at radius 2 is 1.81 bits per heavy atom. The second-order valence-electron chi connectivity index (χ2n) is 8.00. The lowest BCUT2D eigenvalue weighted by Crippen LogP contribution is -2.40. The third-order valence-electron chi connectivity index (χ3n) is 5.18. The van der Waals surface area contributed by atoms with Crippen molar-refractivity contribution in [3.05, 3.63) is 59.7 Å². The van der Waals surface area contributed by atoms with E-state index in [1.165, 1.54) is 6.07 Å². The first-order valence-corrected chi connectivity index (χ1v) is 11.8. The third-order valence-corrected chi connectivity index (χ3v) is 6.58. The summed E-state index contributed by atoms with van der Waals surface area (Å²) in [7, 11) is -1.91. The molecule has 2 aromatic rings. The summed E-state index contributed by atoms with van der Waals surface area (Å²) in [5.74, 6) is 0.818. The van der Waals surface area contributed by atoms with Crippen molar-refractivity contribution in [2.75, 3.05) is 20.2 Å². The fraction of sp³-hybridized carbons (Fsp3) is 0.391. The molecular weight excluding hydrogens is 414 g/mol. The summed E-state index contributed by atoms with van der Waals surface area (Å²) in [5, 5.41) is 0. The summed E-state index contributed by atoms with van der Waals surface area (Å²) >= 11 is 0. The van der Waals surface area contributed by atoms with Gasteiger partial charge in [-0.25, -0.2) is 8.42 Å². The van der Waals surface area contributed by atoms with Crippen LogP contribution in [0.4, 0.5) is 0 Å². The van der Waals surface area contributed by atoms with Gasteiger partial charge in [0.25, 0.3) is 10.0 Å². The summed E-state index contributed by atoms with van der Waals surface area (Å²) in [6, 6.07) is 13.8. The molecule has 166 valence electrons. The molecule has 0 aliphatic carbocycles. The number of carbonyl (C=O) groups excluding carboxylic acids is 1. The van der Waals surface area contributed by atoms with Crippen LogP contribution in [0.2, 0.25) is 0 Å². The number of fused-ring (bicyclic) bond motifs is 1. The third kappa shape index (κ3) is 5.25. The molecule has 1 aliphatic rings. The molecule has 0 bridgehead atoms. The van der Waals surface area contributed by atoms with Gasteiger partial charge in [-0.15, -0.1) is 0 Å². The average molecular weight is 444 g/mol. The van der Waals surface area contributed by atoms with E-state index in [9.17, 15) is 13.2 Å². The van der Waals surface area contributed by atoms with E-state index in [1.807, 2.05) is 45.0 Å². The van der Waals surface area contributed by atoms with Gasteiger partial charge < -0.3 is 9.64 Å². The molecule has 8 heteroatoms. The number of hydrogen-bond acceptors (Lipinski definition) is 5. The quantitative estimate of drug-likeness (QED) is 0.636. The van der Waals surface area contributed by atoms with Crippen LogP contribution >= 0.6 is 0 Å². The predicted octanol–water partition coefficient (Wildman–Crippen LogP) is 2.99. The van der Waals surface area contributed by atoms with E-state index < -0.39 is 16.1 Å². The van der Waals surface area contributed by atoms with Gasteiger partial charge in [0.05, 0.1) is 11.5 Å². The van der Waals surface area contributed by atoms with Crippen molar-refractivity contribution in [1.29, 1.82) is 0 Å². The highest BCUT2D eigenvalue weighted by Gasteiger charge is 2.33. The molecule has 0 radical (unpaired) electrons. The molecule has 1 heterocycles. The molecule has 1 aliphatic heterocycles. The molecular formula is C23H29N3O4S. The standard InChI is InChI=1S/C23H29N3O4S/c1-16(2)21(24-22-18-11-6-8-13-20(18)31(28,29)25-22)23(27)26(4)14-9-15-30-19-12-7-5-10-17(19)3/h5-8,10-13,16,21H,9,14-15H2,1-4H3,(H,24,25)/t21-/m0/s1. The van der Waals surface area contributed by atoms with Gasteiger partial charge in [-0.3, -0.25) is 14.5 Å². The maximum Gasteiger partial charge on any atom is 0.263 e. The van der Waals surface area contributed by atoms with Gasteiger partial charge in [-0.05, 0) is 43.0 Å². The van der Waals surface area contributed by atoms with Gasteiger partial charge >= 0.3 is 0 Å². The van der Waals surface area contributed by atoms with Crippen molar-refractivity contribution in [2.45, 2.75) is 38.1 Å². The summed E-state index contributed by atoms with van der Waals surface area (Å²) in [4.78, 5) is 19.4. The number of sulfonamides is 1. The number of aryl methyl sites for hydroxylation is 1. The topological polar surface area (TPSA) is 88.1 Å². The number of aliphatic imine (C=N–C) groups is 1. The van der Waals surface area contributed by atoms with Gasteiger partial charge in [0.1, 0.15) is 17.6 Å². The Bertz CT molecular complexity index is 1080. The summed E-state index contributed by atoms with van der Waals surface area (Å²) in [6.07, 6.45) is 0.674. The number of hydrogen-bond donors (Lipinski definition) is 1. The molecule has 1 atom stereocenters. The molecule has 0 saturated heterocycles. The fourth-order valence-corrected chi connectivity index (χ4v) is 4.64. The first kappa shape index (κ1) is 22.8. The number of para-hydroxylation sites is 1. The molecule has 1 amide bonds. The van der Waals surface area contributed by atoms with E-state index in [4.69, 9.17) is 4.74 Å². The Morgan fingerprint density at radius 1 is 1.13 bits per heavy atom.